The summed E-state index contributed by atoms with van der Waals surface area (Å²) in [4.78, 5) is 12.9. The monoisotopic (exact) mass is 414 g/mol. The number of aryl methyl sites for hydroxylation is 1. The zero-order valence-electron chi connectivity index (χ0n) is 15.2. The van der Waals surface area contributed by atoms with Gasteiger partial charge in [0.2, 0.25) is 5.65 Å². The number of rotatable bonds is 4. The third kappa shape index (κ3) is 3.21. The van der Waals surface area contributed by atoms with Gasteiger partial charge in [-0.2, -0.15) is 0 Å². The third-order valence-corrected chi connectivity index (χ3v) is 5.97. The maximum atomic E-state index is 14.2. The van der Waals surface area contributed by atoms with Crippen LogP contribution in [-0.2, 0) is 5.75 Å². The fourth-order valence-electron chi connectivity index (χ4n) is 2.97. The van der Waals surface area contributed by atoms with E-state index in [9.17, 15) is 9.18 Å². The molecule has 0 fully saturated rings. The number of aromatic nitrogens is 4. The van der Waals surface area contributed by atoms with Crippen LogP contribution in [0.25, 0.3) is 11.3 Å². The van der Waals surface area contributed by atoms with E-state index in [1.54, 1.807) is 48.0 Å². The van der Waals surface area contributed by atoms with E-state index < -0.39 is 0 Å². The smallest absolute Gasteiger partial charge is 0.279 e. The summed E-state index contributed by atoms with van der Waals surface area (Å²) in [7, 11) is 0. The normalized spacial score (nSPS) is 11.3. The Labute approximate surface area is 169 Å². The molecule has 5 nitrogen and oxygen atoms in total. The fourth-order valence-corrected chi connectivity index (χ4v) is 4.04. The molecule has 0 saturated carbocycles. The lowest BCUT2D eigenvalue weighted by molar-refractivity contribution is 0.608. The van der Waals surface area contributed by atoms with Crippen LogP contribution >= 0.6 is 23.4 Å². The van der Waals surface area contributed by atoms with Gasteiger partial charge in [-0.3, -0.25) is 13.8 Å². The van der Waals surface area contributed by atoms with Crippen LogP contribution in [0.2, 0.25) is 5.02 Å². The van der Waals surface area contributed by atoms with E-state index in [4.69, 9.17) is 11.6 Å². The fraction of sp³-hybridized carbons (Fsp3) is 0.150. The summed E-state index contributed by atoms with van der Waals surface area (Å²) in [5, 5.41) is 9.27. The summed E-state index contributed by atoms with van der Waals surface area (Å²) in [5.74, 6) is 0.174. The van der Waals surface area contributed by atoms with Crippen molar-refractivity contribution in [2.24, 2.45) is 0 Å². The molecule has 4 rings (SSSR count). The van der Waals surface area contributed by atoms with Crippen molar-refractivity contribution < 1.29 is 4.39 Å². The van der Waals surface area contributed by atoms with E-state index >= 15 is 0 Å². The molecule has 0 radical (unpaired) electrons. The number of fused-ring (bicyclic) bond motifs is 1. The van der Waals surface area contributed by atoms with Crippen LogP contribution in [0, 0.1) is 19.7 Å². The van der Waals surface area contributed by atoms with Crippen LogP contribution in [0.3, 0.4) is 0 Å². The van der Waals surface area contributed by atoms with Crippen LogP contribution in [-0.4, -0.2) is 19.2 Å². The first-order valence-electron chi connectivity index (χ1n) is 8.56. The first-order chi connectivity index (χ1) is 13.5. The average molecular weight is 415 g/mol. The minimum absolute atomic E-state index is 0.203. The molecular weight excluding hydrogens is 399 g/mol. The van der Waals surface area contributed by atoms with Crippen LogP contribution in [0.15, 0.2) is 58.7 Å². The van der Waals surface area contributed by atoms with Gasteiger partial charge in [-0.25, -0.2) is 4.39 Å². The SMILES string of the molecule is Cc1cccc(CSc2nnc3c(=O)n(-c4cccc(Cl)c4C)ccn23)c1F. The molecule has 8 heteroatoms. The number of thioether (sulfide) groups is 1. The second-order valence-electron chi connectivity index (χ2n) is 6.37. The van der Waals surface area contributed by atoms with Gasteiger partial charge in [0.25, 0.3) is 0 Å². The first-order valence-corrected chi connectivity index (χ1v) is 9.92. The van der Waals surface area contributed by atoms with Crippen LogP contribution < -0.4 is 5.56 Å². The van der Waals surface area contributed by atoms with E-state index in [0.29, 0.717) is 32.7 Å². The van der Waals surface area contributed by atoms with Gasteiger partial charge in [0.15, 0.2) is 5.16 Å². The Morgan fingerprint density at radius 3 is 2.71 bits per heavy atom. The predicted molar refractivity (Wildman–Crippen MR) is 109 cm³/mol. The van der Waals surface area contributed by atoms with Crippen molar-refractivity contribution in [2.75, 3.05) is 0 Å². The molecule has 0 amide bonds. The molecular formula is C20H16ClFN4OS. The Hall–Kier alpha value is -2.64. The van der Waals surface area contributed by atoms with Gasteiger partial charge in [0, 0.05) is 23.2 Å². The molecule has 2 aromatic carbocycles. The maximum Gasteiger partial charge on any atom is 0.300 e. The lowest BCUT2D eigenvalue weighted by Crippen LogP contribution is -2.21. The van der Waals surface area contributed by atoms with Gasteiger partial charge < -0.3 is 0 Å². The van der Waals surface area contributed by atoms with Crippen molar-refractivity contribution in [1.82, 2.24) is 19.2 Å². The third-order valence-electron chi connectivity index (χ3n) is 4.57. The highest BCUT2D eigenvalue weighted by atomic mass is 35.5. The minimum atomic E-state index is -0.297. The van der Waals surface area contributed by atoms with Gasteiger partial charge in [-0.15, -0.1) is 10.2 Å². The summed E-state index contributed by atoms with van der Waals surface area (Å²) >= 11 is 7.51. The van der Waals surface area contributed by atoms with Crippen molar-refractivity contribution >= 4 is 29.0 Å². The number of hydrogen-bond acceptors (Lipinski definition) is 4. The molecule has 0 atom stereocenters. The standard InChI is InChI=1S/C20H16ClFN4OS/c1-12-5-3-6-14(17(12)22)11-28-20-24-23-18-19(27)25(9-10-26(18)20)16-8-4-7-15(21)13(16)2/h3-10H,11H2,1-2H3. The van der Waals surface area contributed by atoms with Crippen molar-refractivity contribution in [3.05, 3.63) is 86.7 Å². The molecule has 2 aromatic heterocycles. The van der Waals surface area contributed by atoms with E-state index in [1.807, 2.05) is 19.1 Å². The number of nitrogens with zero attached hydrogens (tertiary/aromatic N) is 4. The minimum Gasteiger partial charge on any atom is -0.279 e. The highest BCUT2D eigenvalue weighted by molar-refractivity contribution is 7.98. The molecule has 0 spiro atoms. The Kier molecular flexibility index (Phi) is 4.95. The summed E-state index contributed by atoms with van der Waals surface area (Å²) < 4.78 is 17.3. The van der Waals surface area contributed by atoms with E-state index in [0.717, 1.165) is 5.56 Å². The number of hydrogen-bond donors (Lipinski definition) is 0. The van der Waals surface area contributed by atoms with Gasteiger partial charge in [-0.1, -0.05) is 47.6 Å². The van der Waals surface area contributed by atoms with E-state index in [1.165, 1.54) is 16.3 Å². The molecule has 0 aliphatic carbocycles. The van der Waals surface area contributed by atoms with Crippen molar-refractivity contribution in [3.8, 4) is 5.69 Å². The molecule has 142 valence electrons. The maximum absolute atomic E-state index is 14.2. The van der Waals surface area contributed by atoms with Crippen LogP contribution in [0.4, 0.5) is 4.39 Å². The van der Waals surface area contributed by atoms with Gasteiger partial charge in [0.05, 0.1) is 5.69 Å². The van der Waals surface area contributed by atoms with Gasteiger partial charge >= 0.3 is 5.56 Å². The number of benzene rings is 2. The molecule has 0 aliphatic heterocycles. The molecule has 0 bridgehead atoms. The van der Waals surface area contributed by atoms with Gasteiger partial charge in [0.1, 0.15) is 5.82 Å². The summed E-state index contributed by atoms with van der Waals surface area (Å²) in [6.07, 6.45) is 3.39. The lowest BCUT2D eigenvalue weighted by atomic mass is 10.1. The Bertz CT molecular complexity index is 1250. The van der Waals surface area contributed by atoms with Crippen LogP contribution in [0.1, 0.15) is 16.7 Å². The zero-order valence-corrected chi connectivity index (χ0v) is 16.8. The molecule has 0 saturated heterocycles. The van der Waals surface area contributed by atoms with Crippen LogP contribution in [0.5, 0.6) is 0 Å². The van der Waals surface area contributed by atoms with E-state index in [2.05, 4.69) is 10.2 Å². The summed E-state index contributed by atoms with van der Waals surface area (Å²) in [6.45, 7) is 3.59. The topological polar surface area (TPSA) is 52.2 Å². The highest BCUT2D eigenvalue weighted by Gasteiger charge is 2.14. The predicted octanol–water partition coefficient (Wildman–Crippen LogP) is 4.58. The van der Waals surface area contributed by atoms with Crippen molar-refractivity contribution in [2.45, 2.75) is 24.8 Å². The van der Waals surface area contributed by atoms with Crippen molar-refractivity contribution in [1.29, 1.82) is 0 Å². The second kappa shape index (κ2) is 7.41. The second-order valence-corrected chi connectivity index (χ2v) is 7.72. The largest absolute Gasteiger partial charge is 0.300 e. The van der Waals surface area contributed by atoms with Gasteiger partial charge in [-0.05, 0) is 42.7 Å². The number of halogens is 2. The molecule has 0 unspecified atom stereocenters. The van der Waals surface area contributed by atoms with E-state index in [-0.39, 0.29) is 17.0 Å². The Morgan fingerprint density at radius 1 is 1.11 bits per heavy atom. The Balaban J connectivity index is 1.70. The lowest BCUT2D eigenvalue weighted by Gasteiger charge is -2.10. The quantitative estimate of drug-likeness (QED) is 0.458. The van der Waals surface area contributed by atoms with Crippen molar-refractivity contribution in [3.63, 3.8) is 0 Å². The first kappa shape index (κ1) is 18.7. The molecule has 0 aliphatic rings. The summed E-state index contributed by atoms with van der Waals surface area (Å²) in [5.41, 5.74) is 2.59. The highest BCUT2D eigenvalue weighted by Crippen LogP contribution is 2.25. The molecule has 2 heterocycles. The zero-order chi connectivity index (χ0) is 19.8. The summed E-state index contributed by atoms with van der Waals surface area (Å²) in [6, 6.07) is 10.7. The molecule has 4 aromatic rings. The molecule has 0 N–H and O–H groups in total. The average Bonchev–Trinajstić information content (AvgIpc) is 3.10. The molecule has 28 heavy (non-hydrogen) atoms. The Morgan fingerprint density at radius 2 is 1.89 bits per heavy atom.